The molecule has 0 fully saturated rings. The molecule has 0 spiro atoms. The van der Waals surface area contributed by atoms with Crippen LogP contribution >= 0.6 is 66.7 Å². The van der Waals surface area contributed by atoms with Gasteiger partial charge < -0.3 is 0 Å². The van der Waals surface area contributed by atoms with Gasteiger partial charge in [0.15, 0.2) is 0 Å². The lowest BCUT2D eigenvalue weighted by atomic mass is 10.1. The van der Waals surface area contributed by atoms with Gasteiger partial charge in [-0.3, -0.25) is 0 Å². The Morgan fingerprint density at radius 2 is 1.29 bits per heavy atom. The highest BCUT2D eigenvalue weighted by Gasteiger charge is 2.21. The molecule has 0 saturated heterocycles. The largest absolute Gasteiger partial charge is 0.229 e. The molecule has 0 radical (unpaired) electrons. The van der Waals surface area contributed by atoms with Gasteiger partial charge in [0.1, 0.15) is 5.69 Å². The molecule has 7 heteroatoms. The van der Waals surface area contributed by atoms with Gasteiger partial charge in [-0.1, -0.05) is 90.9 Å². The quantitative estimate of drug-likeness (QED) is 0.246. The summed E-state index contributed by atoms with van der Waals surface area (Å²) < 4.78 is 3.73. The summed E-state index contributed by atoms with van der Waals surface area (Å²) in [6.45, 7) is 0. The normalized spacial score (nSPS) is 11.0. The molecule has 3 aromatic carbocycles. The fraction of sp³-hybridized carbons (Fsp3) is 0. The van der Waals surface area contributed by atoms with Crippen LogP contribution in [0.25, 0.3) is 28.2 Å². The first-order valence-electron chi connectivity index (χ1n) is 8.20. The number of rotatable bonds is 3. The molecule has 0 aliphatic heterocycles. The predicted octanol–water partition coefficient (Wildman–Crippen LogP) is 8.69. The van der Waals surface area contributed by atoms with Crippen molar-refractivity contribution < 1.29 is 0 Å². The van der Waals surface area contributed by atoms with Gasteiger partial charge in [-0.15, -0.1) is 0 Å². The Hall–Kier alpha value is -1.30. The summed E-state index contributed by atoms with van der Waals surface area (Å²) >= 11 is 26.3. The average molecular weight is 558 g/mol. The van der Waals surface area contributed by atoms with Crippen molar-refractivity contribution in [1.29, 1.82) is 0 Å². The van der Waals surface area contributed by atoms with Crippen LogP contribution in [0.3, 0.4) is 0 Å². The van der Waals surface area contributed by atoms with E-state index in [-0.39, 0.29) is 0 Å². The van der Waals surface area contributed by atoms with Gasteiger partial charge in [0.2, 0.25) is 0 Å². The predicted molar refractivity (Wildman–Crippen MR) is 125 cm³/mol. The molecular formula is C21H11Br2Cl3N2. The summed E-state index contributed by atoms with van der Waals surface area (Å²) in [6.07, 6.45) is 0. The molecular weight excluding hydrogens is 546 g/mol. The molecule has 0 aliphatic carbocycles. The van der Waals surface area contributed by atoms with Crippen molar-refractivity contribution >= 4 is 66.7 Å². The van der Waals surface area contributed by atoms with Crippen molar-refractivity contribution in [1.82, 2.24) is 9.78 Å². The lowest BCUT2D eigenvalue weighted by Gasteiger charge is -2.10. The second-order valence-corrected chi connectivity index (χ2v) is 9.09. The topological polar surface area (TPSA) is 17.8 Å². The maximum atomic E-state index is 6.84. The number of nitrogens with zero attached hydrogens (tertiary/aromatic N) is 2. The van der Waals surface area contributed by atoms with Crippen LogP contribution in [0.1, 0.15) is 0 Å². The van der Waals surface area contributed by atoms with Crippen molar-refractivity contribution in [3.05, 3.63) is 90.7 Å². The van der Waals surface area contributed by atoms with Crippen LogP contribution in [-0.4, -0.2) is 9.78 Å². The SMILES string of the molecule is Clc1ccc(-n2nc(-c3ccc(Br)cc3)c(Cl)c2-c2ccc(Br)cc2)c(Cl)c1. The lowest BCUT2D eigenvalue weighted by molar-refractivity contribution is 0.892. The van der Waals surface area contributed by atoms with E-state index in [4.69, 9.17) is 39.9 Å². The van der Waals surface area contributed by atoms with Crippen LogP contribution in [-0.2, 0) is 0 Å². The molecule has 4 rings (SSSR count). The molecule has 0 atom stereocenters. The highest BCUT2D eigenvalue weighted by atomic mass is 79.9. The molecule has 0 N–H and O–H groups in total. The third-order valence-electron chi connectivity index (χ3n) is 4.20. The summed E-state index contributed by atoms with van der Waals surface area (Å²) in [6, 6.07) is 21.1. The van der Waals surface area contributed by atoms with E-state index in [2.05, 4.69) is 31.9 Å². The monoisotopic (exact) mass is 554 g/mol. The summed E-state index contributed by atoms with van der Waals surface area (Å²) in [4.78, 5) is 0. The molecule has 4 aromatic rings. The molecule has 1 heterocycles. The van der Waals surface area contributed by atoms with Crippen LogP contribution in [0.15, 0.2) is 75.7 Å². The lowest BCUT2D eigenvalue weighted by Crippen LogP contribution is -2.00. The summed E-state index contributed by atoms with van der Waals surface area (Å²) in [5.74, 6) is 0. The number of hydrogen-bond donors (Lipinski definition) is 0. The van der Waals surface area contributed by atoms with E-state index in [1.54, 1.807) is 16.8 Å². The Morgan fingerprint density at radius 3 is 1.86 bits per heavy atom. The first-order valence-corrected chi connectivity index (χ1v) is 10.9. The minimum Gasteiger partial charge on any atom is -0.229 e. The first kappa shape index (κ1) is 20.0. The maximum Gasteiger partial charge on any atom is 0.112 e. The minimum atomic E-state index is 0.493. The molecule has 2 nitrogen and oxygen atoms in total. The van der Waals surface area contributed by atoms with Gasteiger partial charge in [-0.25, -0.2) is 4.68 Å². The zero-order valence-corrected chi connectivity index (χ0v) is 19.6. The van der Waals surface area contributed by atoms with Crippen molar-refractivity contribution in [2.24, 2.45) is 0 Å². The van der Waals surface area contributed by atoms with Crippen molar-refractivity contribution in [2.45, 2.75) is 0 Å². The van der Waals surface area contributed by atoms with Gasteiger partial charge in [0, 0.05) is 25.1 Å². The number of benzene rings is 3. The van der Waals surface area contributed by atoms with E-state index in [0.29, 0.717) is 26.4 Å². The van der Waals surface area contributed by atoms with Gasteiger partial charge in [0.25, 0.3) is 0 Å². The van der Waals surface area contributed by atoms with E-state index in [1.807, 2.05) is 54.6 Å². The molecule has 1 aromatic heterocycles. The van der Waals surface area contributed by atoms with Crippen LogP contribution in [0.4, 0.5) is 0 Å². The van der Waals surface area contributed by atoms with Gasteiger partial charge in [0.05, 0.1) is 21.4 Å². The van der Waals surface area contributed by atoms with Gasteiger partial charge in [-0.2, -0.15) is 5.10 Å². The van der Waals surface area contributed by atoms with Crippen LogP contribution in [0.5, 0.6) is 0 Å². The van der Waals surface area contributed by atoms with Gasteiger partial charge >= 0.3 is 0 Å². The first-order chi connectivity index (χ1) is 13.4. The minimum absolute atomic E-state index is 0.493. The van der Waals surface area contributed by atoms with E-state index >= 15 is 0 Å². The van der Waals surface area contributed by atoms with Crippen molar-refractivity contribution in [3.8, 4) is 28.2 Å². The highest BCUT2D eigenvalue weighted by molar-refractivity contribution is 9.10. The number of halogens is 5. The third kappa shape index (κ3) is 3.89. The van der Waals surface area contributed by atoms with Crippen LogP contribution < -0.4 is 0 Å². The van der Waals surface area contributed by atoms with Crippen molar-refractivity contribution in [2.75, 3.05) is 0 Å². The summed E-state index contributed by atoms with van der Waals surface area (Å²) in [5, 5.41) is 6.40. The van der Waals surface area contributed by atoms with Crippen LogP contribution in [0, 0.1) is 0 Å². The highest BCUT2D eigenvalue weighted by Crippen LogP contribution is 2.40. The van der Waals surface area contributed by atoms with Crippen LogP contribution in [0.2, 0.25) is 15.1 Å². The van der Waals surface area contributed by atoms with E-state index in [1.165, 1.54) is 0 Å². The fourth-order valence-electron chi connectivity index (χ4n) is 2.88. The summed E-state index contributed by atoms with van der Waals surface area (Å²) in [7, 11) is 0. The Kier molecular flexibility index (Phi) is 5.86. The zero-order chi connectivity index (χ0) is 19.8. The zero-order valence-electron chi connectivity index (χ0n) is 14.1. The Morgan fingerprint density at radius 1 is 0.714 bits per heavy atom. The molecule has 28 heavy (non-hydrogen) atoms. The van der Waals surface area contributed by atoms with Crippen molar-refractivity contribution in [3.63, 3.8) is 0 Å². The summed E-state index contributed by atoms with van der Waals surface area (Å²) in [5.41, 5.74) is 3.98. The molecule has 0 aliphatic rings. The fourth-order valence-corrected chi connectivity index (χ4v) is 4.23. The van der Waals surface area contributed by atoms with E-state index < -0.39 is 0 Å². The molecule has 0 amide bonds. The molecule has 0 saturated carbocycles. The molecule has 0 unspecified atom stereocenters. The Labute approximate surface area is 194 Å². The number of aromatic nitrogens is 2. The van der Waals surface area contributed by atoms with Gasteiger partial charge in [-0.05, 0) is 42.5 Å². The second-order valence-electron chi connectivity index (χ2n) is 6.03. The molecule has 140 valence electrons. The smallest absolute Gasteiger partial charge is 0.112 e. The Bertz CT molecular complexity index is 1150. The Balaban J connectivity index is 1.99. The second kappa shape index (κ2) is 8.21. The van der Waals surface area contributed by atoms with E-state index in [0.717, 1.165) is 25.8 Å². The standard InChI is InChI=1S/C21H11Br2Cl3N2/c22-14-5-1-12(2-6-14)20-19(26)21(13-3-7-15(23)8-4-13)28(27-20)18-10-9-16(24)11-17(18)25/h1-11H. The number of hydrogen-bond acceptors (Lipinski definition) is 1. The third-order valence-corrected chi connectivity index (χ3v) is 6.15. The molecule has 0 bridgehead atoms. The average Bonchev–Trinajstić information content (AvgIpc) is 3.00. The van der Waals surface area contributed by atoms with E-state index in [9.17, 15) is 0 Å². The maximum absolute atomic E-state index is 6.84.